The van der Waals surface area contributed by atoms with Gasteiger partial charge in [0.25, 0.3) is 0 Å². The molecule has 0 saturated carbocycles. The molecule has 1 aliphatic heterocycles. The highest BCUT2D eigenvalue weighted by molar-refractivity contribution is 5.89. The van der Waals surface area contributed by atoms with Gasteiger partial charge in [-0.25, -0.2) is 0 Å². The Bertz CT molecular complexity index is 591. The number of carbonyl (C=O) groups is 1. The Balaban J connectivity index is 1.96. The van der Waals surface area contributed by atoms with Gasteiger partial charge in [0.05, 0.1) is 23.1 Å². The van der Waals surface area contributed by atoms with Crippen LogP contribution in [0.25, 0.3) is 10.9 Å². The molecule has 0 unspecified atom stereocenters. The minimum Gasteiger partial charge on any atom is -0.397 e. The molecule has 2 heterocycles. The molecule has 1 aliphatic rings. The number of hydrogen-bond acceptors (Lipinski definition) is 4. The fourth-order valence-electron chi connectivity index (χ4n) is 2.28. The van der Waals surface area contributed by atoms with Crippen LogP contribution in [0.4, 0.5) is 11.4 Å². The van der Waals surface area contributed by atoms with E-state index in [1.165, 1.54) is 0 Å². The fraction of sp³-hybridized carbons (Fsp3) is 0.333. The summed E-state index contributed by atoms with van der Waals surface area (Å²) in [5.41, 5.74) is 8.72. The summed E-state index contributed by atoms with van der Waals surface area (Å²) in [4.78, 5) is 13.5. The number of nitrogens with two attached hydrogens (primary N) is 1. The van der Waals surface area contributed by atoms with Crippen molar-refractivity contribution in [2.24, 2.45) is 0 Å². The molecule has 1 saturated heterocycles. The first-order chi connectivity index (χ1) is 8.74. The zero-order valence-electron chi connectivity index (χ0n) is 9.94. The zero-order chi connectivity index (χ0) is 12.5. The highest BCUT2D eigenvalue weighted by Gasteiger charge is 2.16. The summed E-state index contributed by atoms with van der Waals surface area (Å²) in [5.74, 6) is 0.0960. The average Bonchev–Trinajstić information content (AvgIpc) is 2.69. The molecule has 3 rings (SSSR count). The van der Waals surface area contributed by atoms with Crippen molar-refractivity contribution in [2.45, 2.75) is 6.42 Å². The van der Waals surface area contributed by atoms with Crippen molar-refractivity contribution in [2.75, 3.05) is 30.3 Å². The molecule has 94 valence electrons. The quantitative estimate of drug-likeness (QED) is 0.637. The van der Waals surface area contributed by atoms with E-state index >= 15 is 0 Å². The van der Waals surface area contributed by atoms with Crippen LogP contribution in [0.15, 0.2) is 18.3 Å². The van der Waals surface area contributed by atoms with Crippen molar-refractivity contribution in [1.82, 2.24) is 15.5 Å². The van der Waals surface area contributed by atoms with Gasteiger partial charge in [-0.1, -0.05) is 0 Å². The second kappa shape index (κ2) is 4.21. The summed E-state index contributed by atoms with van der Waals surface area (Å²) in [5, 5.41) is 10.8. The van der Waals surface area contributed by atoms with Gasteiger partial charge in [-0.15, -0.1) is 0 Å². The number of aromatic nitrogens is 2. The molecule has 2 aromatic rings. The first kappa shape index (κ1) is 10.9. The van der Waals surface area contributed by atoms with E-state index in [-0.39, 0.29) is 5.91 Å². The zero-order valence-corrected chi connectivity index (χ0v) is 9.94. The first-order valence-corrected chi connectivity index (χ1v) is 5.98. The van der Waals surface area contributed by atoms with E-state index in [0.29, 0.717) is 19.5 Å². The predicted octanol–water partition coefficient (Wildman–Crippen LogP) is 0.471. The third-order valence-corrected chi connectivity index (χ3v) is 3.24. The number of amides is 1. The molecule has 6 nitrogen and oxygen atoms in total. The number of rotatable bonds is 1. The van der Waals surface area contributed by atoms with Crippen LogP contribution in [-0.4, -0.2) is 35.7 Å². The molecule has 1 amide bonds. The number of anilines is 2. The minimum atomic E-state index is 0.0960. The number of fused-ring (bicyclic) bond motifs is 1. The van der Waals surface area contributed by atoms with Gasteiger partial charge in [0, 0.05) is 31.4 Å². The molecular weight excluding hydrogens is 230 g/mol. The number of benzene rings is 1. The fourth-order valence-corrected chi connectivity index (χ4v) is 2.28. The Morgan fingerprint density at radius 3 is 3.11 bits per heavy atom. The molecule has 1 aromatic carbocycles. The van der Waals surface area contributed by atoms with Crippen molar-refractivity contribution >= 4 is 28.2 Å². The molecule has 0 spiro atoms. The van der Waals surface area contributed by atoms with Crippen molar-refractivity contribution in [3.8, 4) is 0 Å². The van der Waals surface area contributed by atoms with Gasteiger partial charge in [-0.3, -0.25) is 9.89 Å². The summed E-state index contributed by atoms with van der Waals surface area (Å²) in [6.07, 6.45) is 2.25. The van der Waals surface area contributed by atoms with Crippen molar-refractivity contribution in [3.63, 3.8) is 0 Å². The SMILES string of the molecule is Nc1cc2cn[nH]c2cc1N1CCNC(=O)CC1. The molecule has 1 aromatic heterocycles. The van der Waals surface area contributed by atoms with Gasteiger partial charge in [0.15, 0.2) is 0 Å². The van der Waals surface area contributed by atoms with E-state index in [0.717, 1.165) is 28.8 Å². The molecule has 0 radical (unpaired) electrons. The standard InChI is InChI=1S/C12H15N5O/c13-9-5-8-7-15-16-10(8)6-11(9)17-3-1-12(18)14-2-4-17/h5-7H,1-4,13H2,(H,14,18)(H,15,16). The van der Waals surface area contributed by atoms with Crippen LogP contribution in [0.2, 0.25) is 0 Å². The van der Waals surface area contributed by atoms with E-state index in [4.69, 9.17) is 5.73 Å². The van der Waals surface area contributed by atoms with Crippen molar-refractivity contribution in [3.05, 3.63) is 18.3 Å². The van der Waals surface area contributed by atoms with Crippen molar-refractivity contribution in [1.29, 1.82) is 0 Å². The largest absolute Gasteiger partial charge is 0.397 e. The van der Waals surface area contributed by atoms with Crippen LogP contribution in [0.5, 0.6) is 0 Å². The lowest BCUT2D eigenvalue weighted by atomic mass is 10.2. The second-order valence-corrected chi connectivity index (χ2v) is 4.46. The van der Waals surface area contributed by atoms with Gasteiger partial charge >= 0.3 is 0 Å². The second-order valence-electron chi connectivity index (χ2n) is 4.46. The van der Waals surface area contributed by atoms with E-state index in [2.05, 4.69) is 20.4 Å². The number of carbonyl (C=O) groups excluding carboxylic acids is 1. The number of H-pyrrole nitrogens is 1. The van der Waals surface area contributed by atoms with Gasteiger partial charge in [0.2, 0.25) is 5.91 Å². The number of nitrogen functional groups attached to an aromatic ring is 1. The normalized spacial score (nSPS) is 16.7. The summed E-state index contributed by atoms with van der Waals surface area (Å²) in [6.45, 7) is 2.12. The van der Waals surface area contributed by atoms with Crippen LogP contribution >= 0.6 is 0 Å². The molecule has 4 N–H and O–H groups in total. The maximum atomic E-state index is 11.3. The molecule has 6 heteroatoms. The van der Waals surface area contributed by atoms with Crippen LogP contribution in [-0.2, 0) is 4.79 Å². The monoisotopic (exact) mass is 245 g/mol. The maximum Gasteiger partial charge on any atom is 0.221 e. The molecule has 0 bridgehead atoms. The molecular formula is C12H15N5O. The van der Waals surface area contributed by atoms with Crippen LogP contribution in [0, 0.1) is 0 Å². The predicted molar refractivity (Wildman–Crippen MR) is 70.3 cm³/mol. The van der Waals surface area contributed by atoms with Gasteiger partial charge in [-0.2, -0.15) is 5.10 Å². The van der Waals surface area contributed by atoms with Crippen LogP contribution in [0.1, 0.15) is 6.42 Å². The summed E-state index contributed by atoms with van der Waals surface area (Å²) < 4.78 is 0. The summed E-state index contributed by atoms with van der Waals surface area (Å²) >= 11 is 0. The number of nitrogens with one attached hydrogen (secondary N) is 2. The van der Waals surface area contributed by atoms with Gasteiger partial charge < -0.3 is 16.0 Å². The van der Waals surface area contributed by atoms with E-state index in [9.17, 15) is 4.79 Å². The van der Waals surface area contributed by atoms with Crippen LogP contribution < -0.4 is 16.0 Å². The third-order valence-electron chi connectivity index (χ3n) is 3.24. The van der Waals surface area contributed by atoms with E-state index in [1.54, 1.807) is 6.20 Å². The van der Waals surface area contributed by atoms with Gasteiger partial charge in [-0.05, 0) is 12.1 Å². The minimum absolute atomic E-state index is 0.0960. The van der Waals surface area contributed by atoms with Gasteiger partial charge in [0.1, 0.15) is 0 Å². The highest BCUT2D eigenvalue weighted by Crippen LogP contribution is 2.28. The Labute approximate surface area is 104 Å². The number of aromatic amines is 1. The average molecular weight is 245 g/mol. The Morgan fingerprint density at radius 2 is 2.22 bits per heavy atom. The van der Waals surface area contributed by atoms with E-state index in [1.807, 2.05) is 12.1 Å². The Morgan fingerprint density at radius 1 is 1.33 bits per heavy atom. The lowest BCUT2D eigenvalue weighted by molar-refractivity contribution is -0.120. The number of hydrogen-bond donors (Lipinski definition) is 3. The molecule has 18 heavy (non-hydrogen) atoms. The first-order valence-electron chi connectivity index (χ1n) is 5.98. The number of nitrogens with zero attached hydrogens (tertiary/aromatic N) is 2. The summed E-state index contributed by atoms with van der Waals surface area (Å²) in [6, 6.07) is 3.90. The topological polar surface area (TPSA) is 87.0 Å². The smallest absolute Gasteiger partial charge is 0.221 e. The highest BCUT2D eigenvalue weighted by atomic mass is 16.1. The van der Waals surface area contributed by atoms with Crippen molar-refractivity contribution < 1.29 is 4.79 Å². The lowest BCUT2D eigenvalue weighted by Crippen LogP contribution is -2.28. The molecule has 0 atom stereocenters. The third kappa shape index (κ3) is 1.85. The Hall–Kier alpha value is -2.24. The molecule has 0 aliphatic carbocycles. The van der Waals surface area contributed by atoms with E-state index < -0.39 is 0 Å². The summed E-state index contributed by atoms with van der Waals surface area (Å²) in [7, 11) is 0. The lowest BCUT2D eigenvalue weighted by Gasteiger charge is -2.23. The molecule has 1 fully saturated rings. The van der Waals surface area contributed by atoms with Crippen LogP contribution in [0.3, 0.4) is 0 Å². The maximum absolute atomic E-state index is 11.3. The Kier molecular flexibility index (Phi) is 2.55.